The van der Waals surface area contributed by atoms with E-state index in [4.69, 9.17) is 15.5 Å². The second kappa shape index (κ2) is 11.0. The average Bonchev–Trinajstić information content (AvgIpc) is 3.33. The number of amides is 2. The first-order valence-corrected chi connectivity index (χ1v) is 12.8. The number of nitrogens with one attached hydrogen (secondary N) is 1. The van der Waals surface area contributed by atoms with Crippen molar-refractivity contribution in [2.45, 2.75) is 31.4 Å². The number of hydrogen-bond acceptors (Lipinski definition) is 5. The van der Waals surface area contributed by atoms with Crippen molar-refractivity contribution in [3.63, 3.8) is 0 Å². The molecule has 2 aliphatic rings. The number of nitrogens with two attached hydrogens (primary N) is 1. The highest BCUT2D eigenvalue weighted by atomic mass is 19.4. The Bertz CT molecular complexity index is 1410. The van der Waals surface area contributed by atoms with E-state index >= 15 is 0 Å². The Morgan fingerprint density at radius 1 is 1.00 bits per heavy atom. The van der Waals surface area contributed by atoms with Crippen LogP contribution in [0.5, 0.6) is 11.5 Å². The summed E-state index contributed by atoms with van der Waals surface area (Å²) in [6, 6.07) is 12.6. The van der Waals surface area contributed by atoms with Crippen LogP contribution in [0.3, 0.4) is 0 Å². The molecule has 1 unspecified atom stereocenters. The van der Waals surface area contributed by atoms with Crippen LogP contribution in [0, 0.1) is 11.7 Å². The molecule has 210 valence electrons. The Labute approximate surface area is 227 Å². The number of fused-ring (bicyclic) bond motifs is 1. The number of hydrogen-bond donors (Lipinski definition) is 2. The molecule has 3 N–H and O–H groups in total. The fraction of sp³-hybridized carbons (Fsp3) is 0.321. The van der Waals surface area contributed by atoms with E-state index in [2.05, 4.69) is 5.43 Å². The number of ether oxygens (including phenoxy) is 1. The fourth-order valence-electron chi connectivity index (χ4n) is 5.30. The SMILES string of the molecule is NC(=O)c1c(-c2ccc(Oc3ccc(F)cc3)cc2)nc2n1NCCC2C1CCN(C(=O)/C=C/C(F)(F)F)CC1. The molecule has 1 saturated heterocycles. The highest BCUT2D eigenvalue weighted by Gasteiger charge is 2.36. The van der Waals surface area contributed by atoms with Crippen LogP contribution in [-0.4, -0.2) is 52.2 Å². The number of aromatic nitrogens is 2. The van der Waals surface area contributed by atoms with Crippen LogP contribution in [0.2, 0.25) is 0 Å². The number of halogens is 4. The van der Waals surface area contributed by atoms with Crippen molar-refractivity contribution in [1.82, 2.24) is 14.6 Å². The zero-order valence-electron chi connectivity index (χ0n) is 21.3. The number of imidazole rings is 1. The standard InChI is InChI=1S/C28H27F4N5O3/c29-19-3-7-21(8-4-19)40-20-5-1-18(2-6-20)24-25(26(33)39)37-27(35-24)22(10-14-34-37)17-11-15-36(16-12-17)23(38)9-13-28(30,31)32/h1-9,13,17,22,34H,10-12,14-16H2,(H2,33,39)/b13-9+. The number of allylic oxidation sites excluding steroid dienone is 1. The molecule has 12 heteroatoms. The summed E-state index contributed by atoms with van der Waals surface area (Å²) in [7, 11) is 0. The van der Waals surface area contributed by atoms with E-state index in [1.165, 1.54) is 29.2 Å². The molecule has 2 amide bonds. The predicted octanol–water partition coefficient (Wildman–Crippen LogP) is 4.97. The number of primary amides is 1. The van der Waals surface area contributed by atoms with Gasteiger partial charge in [-0.3, -0.25) is 9.59 Å². The van der Waals surface area contributed by atoms with E-state index in [-0.39, 0.29) is 29.4 Å². The predicted molar refractivity (Wildman–Crippen MR) is 139 cm³/mol. The Kier molecular flexibility index (Phi) is 7.51. The van der Waals surface area contributed by atoms with Crippen molar-refractivity contribution in [2.24, 2.45) is 11.7 Å². The Hall–Kier alpha value is -4.35. The molecule has 0 saturated carbocycles. The number of piperidine rings is 1. The number of benzene rings is 2. The number of carbonyl (C=O) groups excluding carboxylic acids is 2. The van der Waals surface area contributed by atoms with Gasteiger partial charge in [-0.25, -0.2) is 14.1 Å². The van der Waals surface area contributed by atoms with Crippen molar-refractivity contribution >= 4 is 11.8 Å². The number of rotatable bonds is 6. The Balaban J connectivity index is 1.34. The monoisotopic (exact) mass is 557 g/mol. The van der Waals surface area contributed by atoms with Gasteiger partial charge in [0.05, 0.1) is 0 Å². The lowest BCUT2D eigenvalue weighted by Gasteiger charge is -2.37. The molecule has 1 fully saturated rings. The fourth-order valence-corrected chi connectivity index (χ4v) is 5.30. The van der Waals surface area contributed by atoms with Gasteiger partial charge in [-0.15, -0.1) is 0 Å². The van der Waals surface area contributed by atoms with Crippen LogP contribution in [0.25, 0.3) is 11.3 Å². The molecule has 8 nitrogen and oxygen atoms in total. The van der Waals surface area contributed by atoms with Gasteiger partial charge < -0.3 is 20.8 Å². The average molecular weight is 558 g/mol. The van der Waals surface area contributed by atoms with Gasteiger partial charge in [-0.2, -0.15) is 13.2 Å². The molecule has 1 atom stereocenters. The van der Waals surface area contributed by atoms with Crippen molar-refractivity contribution in [1.29, 1.82) is 0 Å². The third-order valence-corrected chi connectivity index (χ3v) is 7.21. The van der Waals surface area contributed by atoms with E-state index < -0.39 is 18.0 Å². The summed E-state index contributed by atoms with van der Waals surface area (Å²) in [4.78, 5) is 31.0. The van der Waals surface area contributed by atoms with E-state index in [0.717, 1.165) is 6.42 Å². The molecule has 0 radical (unpaired) electrons. The van der Waals surface area contributed by atoms with Gasteiger partial charge in [0.2, 0.25) is 5.91 Å². The number of alkyl halides is 3. The smallest absolute Gasteiger partial charge is 0.409 e. The van der Waals surface area contributed by atoms with Crippen molar-refractivity contribution < 1.29 is 31.9 Å². The van der Waals surface area contributed by atoms with E-state index in [1.807, 2.05) is 0 Å². The van der Waals surface area contributed by atoms with Crippen LogP contribution in [0.1, 0.15) is 41.5 Å². The highest BCUT2D eigenvalue weighted by Crippen LogP contribution is 2.39. The maximum absolute atomic E-state index is 13.2. The van der Waals surface area contributed by atoms with Crippen molar-refractivity contribution in [3.8, 4) is 22.8 Å². The lowest BCUT2D eigenvalue weighted by Crippen LogP contribution is -2.41. The summed E-state index contributed by atoms with van der Waals surface area (Å²) in [6.45, 7) is 1.24. The van der Waals surface area contributed by atoms with Gasteiger partial charge in [0.25, 0.3) is 5.91 Å². The molecular weight excluding hydrogens is 530 g/mol. The topological polar surface area (TPSA) is 102 Å². The number of likely N-dealkylation sites (tertiary alicyclic amines) is 1. The van der Waals surface area contributed by atoms with Crippen molar-refractivity contribution in [3.05, 3.63) is 78.0 Å². The van der Waals surface area contributed by atoms with Crippen LogP contribution in [0.4, 0.5) is 17.6 Å². The highest BCUT2D eigenvalue weighted by molar-refractivity contribution is 5.97. The minimum absolute atomic E-state index is 0.0304. The molecule has 40 heavy (non-hydrogen) atoms. The Morgan fingerprint density at radius 2 is 1.62 bits per heavy atom. The van der Waals surface area contributed by atoms with E-state index in [1.54, 1.807) is 28.9 Å². The quantitative estimate of drug-likeness (QED) is 0.329. The largest absolute Gasteiger partial charge is 0.457 e. The molecule has 2 aliphatic heterocycles. The minimum Gasteiger partial charge on any atom is -0.457 e. The third-order valence-electron chi connectivity index (χ3n) is 7.21. The van der Waals surface area contributed by atoms with Crippen molar-refractivity contribution in [2.75, 3.05) is 25.1 Å². The van der Waals surface area contributed by atoms with Crippen LogP contribution >= 0.6 is 0 Å². The molecule has 0 spiro atoms. The van der Waals surface area contributed by atoms with Gasteiger partial charge in [-0.1, -0.05) is 0 Å². The lowest BCUT2D eigenvalue weighted by molar-refractivity contribution is -0.128. The minimum atomic E-state index is -4.54. The zero-order valence-corrected chi connectivity index (χ0v) is 21.3. The van der Waals surface area contributed by atoms with Crippen LogP contribution < -0.4 is 15.9 Å². The summed E-state index contributed by atoms with van der Waals surface area (Å²) >= 11 is 0. The molecule has 1 aromatic heterocycles. The summed E-state index contributed by atoms with van der Waals surface area (Å²) in [6.07, 6.45) is -2.07. The van der Waals surface area contributed by atoms with Gasteiger partial charge in [0.15, 0.2) is 5.69 Å². The molecule has 0 bridgehead atoms. The molecule has 5 rings (SSSR count). The summed E-state index contributed by atoms with van der Waals surface area (Å²) < 4.78 is 57.9. The normalized spacial score (nSPS) is 17.9. The zero-order chi connectivity index (χ0) is 28.4. The first-order valence-electron chi connectivity index (χ1n) is 12.8. The summed E-state index contributed by atoms with van der Waals surface area (Å²) in [5.41, 5.74) is 10.3. The number of carbonyl (C=O) groups is 2. The van der Waals surface area contributed by atoms with Gasteiger partial charge in [0.1, 0.15) is 28.8 Å². The van der Waals surface area contributed by atoms with Gasteiger partial charge in [0, 0.05) is 43.3 Å². The molecule has 3 heterocycles. The Morgan fingerprint density at radius 3 is 2.23 bits per heavy atom. The molecule has 0 aliphatic carbocycles. The van der Waals surface area contributed by atoms with Gasteiger partial charge >= 0.3 is 6.18 Å². The maximum atomic E-state index is 13.2. The maximum Gasteiger partial charge on any atom is 0.409 e. The van der Waals surface area contributed by atoms with Crippen LogP contribution in [-0.2, 0) is 4.79 Å². The first-order chi connectivity index (χ1) is 19.1. The van der Waals surface area contributed by atoms with E-state index in [0.29, 0.717) is 67.1 Å². The second-order valence-corrected chi connectivity index (χ2v) is 9.79. The number of nitrogens with zero attached hydrogens (tertiary/aromatic N) is 3. The van der Waals surface area contributed by atoms with E-state index in [9.17, 15) is 27.2 Å². The molecule has 2 aromatic carbocycles. The summed E-state index contributed by atoms with van der Waals surface area (Å²) in [5.74, 6) is 0.0649. The summed E-state index contributed by atoms with van der Waals surface area (Å²) in [5, 5.41) is 0. The lowest BCUT2D eigenvalue weighted by atomic mass is 9.81. The molecular formula is C28H27F4N5O3. The first kappa shape index (κ1) is 27.2. The van der Waals surface area contributed by atoms with Crippen LogP contribution in [0.15, 0.2) is 60.7 Å². The third kappa shape index (κ3) is 5.95. The second-order valence-electron chi connectivity index (χ2n) is 9.79. The van der Waals surface area contributed by atoms with Gasteiger partial charge in [-0.05, 0) is 73.7 Å². The molecule has 3 aromatic rings.